The SMILES string of the molecule is CCN(C(=O)CSc1n[nH]c(-c2ccccc2F)n1)[C@@H]1CCS(=O)(=O)C1. The summed E-state index contributed by atoms with van der Waals surface area (Å²) < 4.78 is 37.0. The van der Waals surface area contributed by atoms with Crippen LogP contribution in [0.15, 0.2) is 29.4 Å². The van der Waals surface area contributed by atoms with Crippen LogP contribution in [0.5, 0.6) is 0 Å². The Hall–Kier alpha value is -1.94. The fraction of sp³-hybridized carbons (Fsp3) is 0.438. The molecule has 0 unspecified atom stereocenters. The summed E-state index contributed by atoms with van der Waals surface area (Å²) in [7, 11) is -3.05. The van der Waals surface area contributed by atoms with Gasteiger partial charge in [0.25, 0.3) is 0 Å². The highest BCUT2D eigenvalue weighted by molar-refractivity contribution is 7.99. The first-order valence-electron chi connectivity index (χ1n) is 8.19. The molecule has 0 saturated carbocycles. The minimum Gasteiger partial charge on any atom is -0.338 e. The molecule has 1 saturated heterocycles. The van der Waals surface area contributed by atoms with E-state index in [0.717, 1.165) is 11.8 Å². The van der Waals surface area contributed by atoms with Gasteiger partial charge in [0, 0.05) is 12.6 Å². The number of aromatic amines is 1. The van der Waals surface area contributed by atoms with Crippen molar-refractivity contribution in [2.45, 2.75) is 24.5 Å². The Morgan fingerprint density at radius 2 is 2.19 bits per heavy atom. The fourth-order valence-electron chi connectivity index (χ4n) is 2.95. The molecular formula is C16H19FN4O3S2. The molecule has 0 radical (unpaired) electrons. The third-order valence-electron chi connectivity index (χ3n) is 4.23. The van der Waals surface area contributed by atoms with E-state index in [1.165, 1.54) is 6.07 Å². The van der Waals surface area contributed by atoms with E-state index in [2.05, 4.69) is 15.2 Å². The van der Waals surface area contributed by atoms with Crippen molar-refractivity contribution >= 4 is 27.5 Å². The number of rotatable bonds is 6. The molecule has 1 fully saturated rings. The first-order valence-corrected chi connectivity index (χ1v) is 11.0. The van der Waals surface area contributed by atoms with Crippen molar-refractivity contribution in [1.29, 1.82) is 0 Å². The normalized spacial score (nSPS) is 18.8. The summed E-state index contributed by atoms with van der Waals surface area (Å²) in [6.07, 6.45) is 0.477. The lowest BCUT2D eigenvalue weighted by Crippen LogP contribution is -2.41. The van der Waals surface area contributed by atoms with Crippen LogP contribution in [-0.4, -0.2) is 64.3 Å². The van der Waals surface area contributed by atoms with Gasteiger partial charge in [-0.05, 0) is 25.5 Å². The summed E-state index contributed by atoms with van der Waals surface area (Å²) in [4.78, 5) is 18.3. The second-order valence-electron chi connectivity index (χ2n) is 5.97. The number of carbonyl (C=O) groups is 1. The topological polar surface area (TPSA) is 96.0 Å². The zero-order chi connectivity index (χ0) is 18.7. The lowest BCUT2D eigenvalue weighted by Gasteiger charge is -2.26. The van der Waals surface area contributed by atoms with E-state index in [0.29, 0.717) is 29.5 Å². The summed E-state index contributed by atoms with van der Waals surface area (Å²) in [5.41, 5.74) is 0.310. The molecule has 1 aliphatic rings. The van der Waals surface area contributed by atoms with Gasteiger partial charge < -0.3 is 4.90 Å². The number of amides is 1. The summed E-state index contributed by atoms with van der Waals surface area (Å²) in [5.74, 6) is -0.0181. The maximum atomic E-state index is 13.8. The van der Waals surface area contributed by atoms with Crippen molar-refractivity contribution in [3.8, 4) is 11.4 Å². The highest BCUT2D eigenvalue weighted by atomic mass is 32.2. The molecule has 1 atom stereocenters. The molecule has 7 nitrogen and oxygen atoms in total. The summed E-state index contributed by atoms with van der Waals surface area (Å²) in [6, 6.07) is 5.95. The van der Waals surface area contributed by atoms with Crippen molar-refractivity contribution in [2.24, 2.45) is 0 Å². The highest BCUT2D eigenvalue weighted by Gasteiger charge is 2.33. The van der Waals surface area contributed by atoms with E-state index in [9.17, 15) is 17.6 Å². The molecule has 2 aromatic rings. The molecule has 1 aromatic carbocycles. The molecule has 26 heavy (non-hydrogen) atoms. The van der Waals surface area contributed by atoms with Crippen LogP contribution in [0.2, 0.25) is 0 Å². The number of nitrogens with one attached hydrogen (secondary N) is 1. The molecule has 0 aliphatic carbocycles. The van der Waals surface area contributed by atoms with E-state index in [1.807, 2.05) is 6.92 Å². The number of hydrogen-bond acceptors (Lipinski definition) is 6. The molecule has 0 spiro atoms. The summed E-state index contributed by atoms with van der Waals surface area (Å²) >= 11 is 1.14. The van der Waals surface area contributed by atoms with Crippen LogP contribution in [0, 0.1) is 5.82 Å². The molecular weight excluding hydrogens is 379 g/mol. The van der Waals surface area contributed by atoms with E-state index in [4.69, 9.17) is 0 Å². The van der Waals surface area contributed by atoms with Gasteiger partial charge in [-0.25, -0.2) is 17.8 Å². The third-order valence-corrected chi connectivity index (χ3v) is 6.81. The van der Waals surface area contributed by atoms with Crippen LogP contribution in [-0.2, 0) is 14.6 Å². The lowest BCUT2D eigenvalue weighted by molar-refractivity contribution is -0.129. The minimum atomic E-state index is -3.05. The number of benzene rings is 1. The molecule has 0 bridgehead atoms. The Morgan fingerprint density at radius 1 is 1.42 bits per heavy atom. The fourth-order valence-corrected chi connectivity index (χ4v) is 5.37. The Balaban J connectivity index is 1.62. The van der Waals surface area contributed by atoms with Gasteiger partial charge in [-0.15, -0.1) is 5.10 Å². The van der Waals surface area contributed by atoms with Crippen LogP contribution < -0.4 is 0 Å². The number of carbonyl (C=O) groups excluding carboxylic acids is 1. The second-order valence-corrected chi connectivity index (χ2v) is 9.14. The number of nitrogens with zero attached hydrogens (tertiary/aromatic N) is 3. The number of aromatic nitrogens is 3. The average molecular weight is 398 g/mol. The van der Waals surface area contributed by atoms with Gasteiger partial charge in [0.1, 0.15) is 5.82 Å². The first-order chi connectivity index (χ1) is 12.4. The van der Waals surface area contributed by atoms with Crippen LogP contribution in [0.25, 0.3) is 11.4 Å². The van der Waals surface area contributed by atoms with E-state index < -0.39 is 15.7 Å². The number of hydrogen-bond donors (Lipinski definition) is 1. The van der Waals surface area contributed by atoms with Crippen molar-refractivity contribution in [2.75, 3.05) is 23.8 Å². The molecule has 1 amide bonds. The predicted molar refractivity (Wildman–Crippen MR) is 96.9 cm³/mol. The van der Waals surface area contributed by atoms with Gasteiger partial charge in [0.15, 0.2) is 15.7 Å². The number of sulfone groups is 1. The van der Waals surface area contributed by atoms with Crippen molar-refractivity contribution in [1.82, 2.24) is 20.1 Å². The van der Waals surface area contributed by atoms with E-state index in [1.54, 1.807) is 23.1 Å². The van der Waals surface area contributed by atoms with Gasteiger partial charge in [-0.2, -0.15) is 0 Å². The zero-order valence-electron chi connectivity index (χ0n) is 14.2. The van der Waals surface area contributed by atoms with Gasteiger partial charge in [-0.3, -0.25) is 9.89 Å². The Kier molecular flexibility index (Phi) is 5.61. The molecule has 3 rings (SSSR count). The van der Waals surface area contributed by atoms with Crippen LogP contribution in [0.1, 0.15) is 13.3 Å². The van der Waals surface area contributed by atoms with Crippen molar-refractivity contribution in [3.63, 3.8) is 0 Å². The predicted octanol–water partition coefficient (Wildman–Crippen LogP) is 1.74. The first kappa shape index (κ1) is 18.8. The number of halogens is 1. The lowest BCUT2D eigenvalue weighted by atomic mass is 10.2. The average Bonchev–Trinajstić information content (AvgIpc) is 3.21. The van der Waals surface area contributed by atoms with Gasteiger partial charge in [0.05, 0.1) is 22.8 Å². The number of H-pyrrole nitrogens is 1. The second kappa shape index (κ2) is 7.75. The minimum absolute atomic E-state index is 0.0231. The largest absolute Gasteiger partial charge is 0.338 e. The van der Waals surface area contributed by atoms with Gasteiger partial charge >= 0.3 is 0 Å². The van der Waals surface area contributed by atoms with E-state index in [-0.39, 0.29) is 29.2 Å². The molecule has 10 heteroatoms. The smallest absolute Gasteiger partial charge is 0.233 e. The number of thioether (sulfide) groups is 1. The van der Waals surface area contributed by atoms with Gasteiger partial charge in [-0.1, -0.05) is 23.9 Å². The zero-order valence-corrected chi connectivity index (χ0v) is 15.8. The molecule has 1 N–H and O–H groups in total. The molecule has 2 heterocycles. The van der Waals surface area contributed by atoms with Crippen LogP contribution >= 0.6 is 11.8 Å². The molecule has 1 aliphatic heterocycles. The molecule has 140 valence electrons. The van der Waals surface area contributed by atoms with E-state index >= 15 is 0 Å². The monoisotopic (exact) mass is 398 g/mol. The van der Waals surface area contributed by atoms with Crippen molar-refractivity contribution < 1.29 is 17.6 Å². The molecule has 1 aromatic heterocycles. The van der Waals surface area contributed by atoms with Crippen LogP contribution in [0.3, 0.4) is 0 Å². The quantitative estimate of drug-likeness (QED) is 0.745. The van der Waals surface area contributed by atoms with Gasteiger partial charge in [0.2, 0.25) is 11.1 Å². The standard InChI is InChI=1S/C16H19FN4O3S2/c1-2-21(11-7-8-26(23,24)10-11)14(22)9-25-16-18-15(19-20-16)12-5-3-4-6-13(12)17/h3-6,11H,2,7-10H2,1H3,(H,18,19,20)/t11-/m1/s1. The maximum absolute atomic E-state index is 13.8. The van der Waals surface area contributed by atoms with Crippen molar-refractivity contribution in [3.05, 3.63) is 30.1 Å². The highest BCUT2D eigenvalue weighted by Crippen LogP contribution is 2.23. The summed E-state index contributed by atoms with van der Waals surface area (Å²) in [5, 5.41) is 7.01. The Bertz CT molecular complexity index is 900. The van der Waals surface area contributed by atoms with Crippen LogP contribution in [0.4, 0.5) is 4.39 Å². The Morgan fingerprint density at radius 3 is 2.85 bits per heavy atom. The third kappa shape index (κ3) is 4.24. The Labute approximate surface area is 155 Å². The maximum Gasteiger partial charge on any atom is 0.233 e. The summed E-state index contributed by atoms with van der Waals surface area (Å²) in [6.45, 7) is 2.28.